The van der Waals surface area contributed by atoms with Crippen molar-refractivity contribution < 1.29 is 24.2 Å². The first-order chi connectivity index (χ1) is 13.9. The first kappa shape index (κ1) is 20.6. The lowest BCUT2D eigenvalue weighted by Gasteiger charge is -2.13. The summed E-state index contributed by atoms with van der Waals surface area (Å²) in [5, 5.41) is 14.6. The van der Waals surface area contributed by atoms with Gasteiger partial charge in [0.2, 0.25) is 0 Å². The predicted octanol–water partition coefficient (Wildman–Crippen LogP) is 4.12. The molecular weight excluding hydrogens is 440 g/mol. The van der Waals surface area contributed by atoms with Gasteiger partial charge in [0.1, 0.15) is 0 Å². The second-order valence-electron chi connectivity index (χ2n) is 6.13. The van der Waals surface area contributed by atoms with Crippen molar-refractivity contribution >= 4 is 45.3 Å². The van der Waals surface area contributed by atoms with Gasteiger partial charge in [0.25, 0.3) is 5.91 Å². The summed E-state index contributed by atoms with van der Waals surface area (Å²) < 4.78 is 11.5. The highest BCUT2D eigenvalue weighted by Crippen LogP contribution is 2.36. The number of carboxylic acids is 1. The van der Waals surface area contributed by atoms with Crippen LogP contribution < -0.4 is 14.5 Å². The number of carboxylic acid groups (broad SMARTS) is 1. The van der Waals surface area contributed by atoms with E-state index in [-0.39, 0.29) is 5.91 Å². The maximum Gasteiger partial charge on any atom is 0.341 e. The molecule has 150 valence electrons. The molecule has 0 saturated carbocycles. The van der Waals surface area contributed by atoms with Gasteiger partial charge in [0.15, 0.2) is 18.1 Å². The van der Waals surface area contributed by atoms with Crippen molar-refractivity contribution in [3.63, 3.8) is 0 Å². The lowest BCUT2D eigenvalue weighted by atomic mass is 10.1. The van der Waals surface area contributed by atoms with Crippen LogP contribution in [-0.4, -0.2) is 35.9 Å². The minimum atomic E-state index is -1.08. The zero-order chi connectivity index (χ0) is 21.0. The monoisotopic (exact) mass is 458 g/mol. The second-order valence-corrected chi connectivity index (χ2v) is 6.99. The molecule has 3 rings (SSSR count). The standard InChI is InChI=1S/C21H19BrN2O5/c1-3-28-18-10-14(17(22)11-19(18)29-12-20(25)26)9-16-13(2)23-24(21(16)27)15-7-5-4-6-8-15/h4-11H,3,12H2,1-2H3,(H,25,26)/b16-9+. The average molecular weight is 459 g/mol. The van der Waals surface area contributed by atoms with Gasteiger partial charge in [-0.3, -0.25) is 4.79 Å². The van der Waals surface area contributed by atoms with Crippen LogP contribution in [0.4, 0.5) is 5.69 Å². The third-order valence-electron chi connectivity index (χ3n) is 4.08. The van der Waals surface area contributed by atoms with Crippen molar-refractivity contribution in [2.24, 2.45) is 5.10 Å². The van der Waals surface area contributed by atoms with Gasteiger partial charge < -0.3 is 14.6 Å². The molecule has 1 N–H and O–H groups in total. The van der Waals surface area contributed by atoms with E-state index in [0.717, 1.165) is 0 Å². The molecule has 29 heavy (non-hydrogen) atoms. The molecule has 1 heterocycles. The molecule has 0 aliphatic carbocycles. The molecule has 0 radical (unpaired) electrons. The lowest BCUT2D eigenvalue weighted by molar-refractivity contribution is -0.139. The second kappa shape index (κ2) is 8.91. The van der Waals surface area contributed by atoms with E-state index in [2.05, 4.69) is 21.0 Å². The van der Waals surface area contributed by atoms with Gasteiger partial charge in [-0.25, -0.2) is 4.79 Å². The number of nitrogens with zero attached hydrogens (tertiary/aromatic N) is 2. The molecular formula is C21H19BrN2O5. The number of carbonyl (C=O) groups excluding carboxylic acids is 1. The first-order valence-corrected chi connectivity index (χ1v) is 9.67. The van der Waals surface area contributed by atoms with Crippen LogP contribution in [0.25, 0.3) is 6.08 Å². The van der Waals surface area contributed by atoms with E-state index in [1.54, 1.807) is 25.1 Å². The fourth-order valence-corrected chi connectivity index (χ4v) is 3.20. The fourth-order valence-electron chi connectivity index (χ4n) is 2.77. The number of para-hydroxylation sites is 1. The Balaban J connectivity index is 1.95. The van der Waals surface area contributed by atoms with E-state index in [0.29, 0.717) is 45.1 Å². The zero-order valence-corrected chi connectivity index (χ0v) is 17.5. The highest BCUT2D eigenvalue weighted by atomic mass is 79.9. The average Bonchev–Trinajstić information content (AvgIpc) is 2.98. The minimum absolute atomic E-state index is 0.232. The molecule has 2 aromatic carbocycles. The van der Waals surface area contributed by atoms with Crippen LogP contribution in [-0.2, 0) is 9.59 Å². The molecule has 1 aliphatic rings. The van der Waals surface area contributed by atoms with Crippen LogP contribution in [0.5, 0.6) is 11.5 Å². The number of aliphatic carboxylic acids is 1. The van der Waals surface area contributed by atoms with Crippen LogP contribution in [0.1, 0.15) is 19.4 Å². The molecule has 8 heteroatoms. The number of hydrazone groups is 1. The van der Waals surface area contributed by atoms with Crippen LogP contribution in [0.3, 0.4) is 0 Å². The molecule has 0 unspecified atom stereocenters. The van der Waals surface area contributed by atoms with Gasteiger partial charge in [-0.05, 0) is 49.8 Å². The van der Waals surface area contributed by atoms with E-state index in [1.807, 2.05) is 37.3 Å². The van der Waals surface area contributed by atoms with Gasteiger partial charge >= 0.3 is 5.97 Å². The predicted molar refractivity (Wildman–Crippen MR) is 113 cm³/mol. The zero-order valence-electron chi connectivity index (χ0n) is 15.9. The van der Waals surface area contributed by atoms with Crippen LogP contribution >= 0.6 is 15.9 Å². The fraction of sp³-hybridized carbons (Fsp3) is 0.190. The van der Waals surface area contributed by atoms with E-state index in [4.69, 9.17) is 14.6 Å². The summed E-state index contributed by atoms with van der Waals surface area (Å²) >= 11 is 3.45. The number of anilines is 1. The Bertz CT molecular complexity index is 1000. The van der Waals surface area contributed by atoms with E-state index in [1.165, 1.54) is 5.01 Å². The number of benzene rings is 2. The first-order valence-electron chi connectivity index (χ1n) is 8.88. The number of hydrogen-bond donors (Lipinski definition) is 1. The Kier molecular flexibility index (Phi) is 6.33. The van der Waals surface area contributed by atoms with E-state index < -0.39 is 12.6 Å². The largest absolute Gasteiger partial charge is 0.490 e. The van der Waals surface area contributed by atoms with Crippen molar-refractivity contribution in [3.8, 4) is 11.5 Å². The summed E-state index contributed by atoms with van der Waals surface area (Å²) in [5.41, 5.74) is 2.42. The molecule has 1 aliphatic heterocycles. The molecule has 0 spiro atoms. The third kappa shape index (κ3) is 4.65. The summed E-state index contributed by atoms with van der Waals surface area (Å²) in [7, 11) is 0. The highest BCUT2D eigenvalue weighted by molar-refractivity contribution is 9.10. The Hall–Kier alpha value is -3.13. The summed E-state index contributed by atoms with van der Waals surface area (Å²) in [6, 6.07) is 12.5. The topological polar surface area (TPSA) is 88.4 Å². The number of halogens is 1. The molecule has 0 atom stereocenters. The number of amides is 1. The minimum Gasteiger partial charge on any atom is -0.490 e. The summed E-state index contributed by atoms with van der Waals surface area (Å²) in [4.78, 5) is 23.7. The Labute approximate surface area is 176 Å². The molecule has 0 bridgehead atoms. The quantitative estimate of drug-likeness (QED) is 0.630. The number of ether oxygens (including phenoxy) is 2. The Morgan fingerprint density at radius 2 is 1.90 bits per heavy atom. The number of hydrogen-bond acceptors (Lipinski definition) is 5. The molecule has 0 saturated heterocycles. The maximum absolute atomic E-state index is 12.9. The molecule has 7 nitrogen and oxygen atoms in total. The smallest absolute Gasteiger partial charge is 0.341 e. The van der Waals surface area contributed by atoms with Crippen LogP contribution in [0.15, 0.2) is 57.6 Å². The highest BCUT2D eigenvalue weighted by Gasteiger charge is 2.29. The summed E-state index contributed by atoms with van der Waals surface area (Å²) in [6.07, 6.45) is 1.72. The van der Waals surface area contributed by atoms with Gasteiger partial charge in [-0.15, -0.1) is 0 Å². The number of carbonyl (C=O) groups is 2. The summed E-state index contributed by atoms with van der Waals surface area (Å²) in [6.45, 7) is 3.48. The van der Waals surface area contributed by atoms with Gasteiger partial charge in [0, 0.05) is 4.47 Å². The van der Waals surface area contributed by atoms with Gasteiger partial charge in [-0.2, -0.15) is 10.1 Å². The Morgan fingerprint density at radius 3 is 2.55 bits per heavy atom. The molecule has 0 fully saturated rings. The number of rotatable bonds is 7. The lowest BCUT2D eigenvalue weighted by Crippen LogP contribution is -2.21. The Morgan fingerprint density at radius 1 is 1.21 bits per heavy atom. The molecule has 2 aromatic rings. The normalized spacial score (nSPS) is 14.9. The van der Waals surface area contributed by atoms with Gasteiger partial charge in [-0.1, -0.05) is 34.1 Å². The molecule has 0 aromatic heterocycles. The van der Waals surface area contributed by atoms with Crippen molar-refractivity contribution in [2.45, 2.75) is 13.8 Å². The summed E-state index contributed by atoms with van der Waals surface area (Å²) in [5.74, 6) is -0.620. The van der Waals surface area contributed by atoms with E-state index >= 15 is 0 Å². The van der Waals surface area contributed by atoms with Gasteiger partial charge in [0.05, 0.1) is 23.6 Å². The van der Waals surface area contributed by atoms with Crippen molar-refractivity contribution in [1.29, 1.82) is 0 Å². The van der Waals surface area contributed by atoms with Crippen molar-refractivity contribution in [1.82, 2.24) is 0 Å². The third-order valence-corrected chi connectivity index (χ3v) is 4.76. The van der Waals surface area contributed by atoms with Crippen LogP contribution in [0.2, 0.25) is 0 Å². The van der Waals surface area contributed by atoms with Crippen molar-refractivity contribution in [3.05, 3.63) is 58.1 Å². The SMILES string of the molecule is CCOc1cc(/C=C2/C(=O)N(c3ccccc3)N=C2C)c(Br)cc1OCC(=O)O. The van der Waals surface area contributed by atoms with Crippen molar-refractivity contribution in [2.75, 3.05) is 18.2 Å². The van der Waals surface area contributed by atoms with Crippen LogP contribution in [0, 0.1) is 0 Å². The maximum atomic E-state index is 12.9. The molecule has 1 amide bonds. The van der Waals surface area contributed by atoms with E-state index in [9.17, 15) is 9.59 Å².